The van der Waals surface area contributed by atoms with Crippen LogP contribution in [0.3, 0.4) is 0 Å². The van der Waals surface area contributed by atoms with Crippen LogP contribution in [0.4, 0.5) is 10.5 Å². The van der Waals surface area contributed by atoms with E-state index < -0.39 is 0 Å². The Labute approximate surface area is 146 Å². The molecule has 0 spiro atoms. The smallest absolute Gasteiger partial charge is 0.318 e. The number of rotatable bonds is 3. The first-order valence-electron chi connectivity index (χ1n) is 8.19. The third-order valence-corrected chi connectivity index (χ3v) is 4.59. The van der Waals surface area contributed by atoms with Crippen LogP contribution in [0.25, 0.3) is 0 Å². The van der Waals surface area contributed by atoms with Crippen LogP contribution >= 0.6 is 0 Å². The standard InChI is InChI=1S/C16H23N7O2/c1-11(14-8-18-21(4)12(14)2)19-16(25)22-5-6-23(15(24)10-22)13-7-17-20(3)9-13/h7-9,11H,5-6,10H2,1-4H3,(H,19,25). The van der Waals surface area contributed by atoms with E-state index in [2.05, 4.69) is 15.5 Å². The van der Waals surface area contributed by atoms with E-state index in [9.17, 15) is 9.59 Å². The van der Waals surface area contributed by atoms with Crippen molar-refractivity contribution in [1.29, 1.82) is 0 Å². The Morgan fingerprint density at radius 2 is 2.00 bits per heavy atom. The van der Waals surface area contributed by atoms with Crippen molar-refractivity contribution in [3.8, 4) is 0 Å². The molecule has 1 aliphatic heterocycles. The molecule has 1 saturated heterocycles. The monoisotopic (exact) mass is 345 g/mol. The van der Waals surface area contributed by atoms with Crippen LogP contribution in [0, 0.1) is 6.92 Å². The van der Waals surface area contributed by atoms with Crippen molar-refractivity contribution >= 4 is 17.6 Å². The minimum Gasteiger partial charge on any atom is -0.331 e. The highest BCUT2D eigenvalue weighted by Gasteiger charge is 2.29. The third kappa shape index (κ3) is 3.35. The first-order valence-corrected chi connectivity index (χ1v) is 8.19. The number of hydrogen-bond acceptors (Lipinski definition) is 4. The third-order valence-electron chi connectivity index (χ3n) is 4.59. The van der Waals surface area contributed by atoms with Gasteiger partial charge in [-0.05, 0) is 13.8 Å². The summed E-state index contributed by atoms with van der Waals surface area (Å²) in [6, 6.07) is -0.414. The van der Waals surface area contributed by atoms with E-state index in [0.29, 0.717) is 13.1 Å². The molecule has 0 aliphatic carbocycles. The highest BCUT2D eigenvalue weighted by atomic mass is 16.2. The number of nitrogens with zero attached hydrogens (tertiary/aromatic N) is 6. The largest absolute Gasteiger partial charge is 0.331 e. The van der Waals surface area contributed by atoms with Gasteiger partial charge in [-0.1, -0.05) is 0 Å². The number of urea groups is 1. The zero-order valence-electron chi connectivity index (χ0n) is 14.9. The molecule has 0 radical (unpaired) electrons. The van der Waals surface area contributed by atoms with Gasteiger partial charge in [0.15, 0.2) is 0 Å². The topological polar surface area (TPSA) is 88.3 Å². The molecule has 0 bridgehead atoms. The van der Waals surface area contributed by atoms with E-state index in [4.69, 9.17) is 0 Å². The zero-order valence-corrected chi connectivity index (χ0v) is 14.9. The number of amides is 3. The van der Waals surface area contributed by atoms with Gasteiger partial charge in [-0.3, -0.25) is 14.2 Å². The van der Waals surface area contributed by atoms with Crippen LogP contribution in [0.5, 0.6) is 0 Å². The lowest BCUT2D eigenvalue weighted by molar-refractivity contribution is -0.120. The summed E-state index contributed by atoms with van der Waals surface area (Å²) in [7, 11) is 3.67. The molecule has 9 heteroatoms. The fraction of sp³-hybridized carbons (Fsp3) is 0.500. The van der Waals surface area contributed by atoms with Crippen LogP contribution in [-0.2, 0) is 18.9 Å². The summed E-state index contributed by atoms with van der Waals surface area (Å²) in [5.74, 6) is -0.111. The molecule has 1 atom stereocenters. The predicted molar refractivity (Wildman–Crippen MR) is 92.0 cm³/mol. The van der Waals surface area contributed by atoms with Crippen molar-refractivity contribution in [3.63, 3.8) is 0 Å². The van der Waals surface area contributed by atoms with Crippen molar-refractivity contribution in [3.05, 3.63) is 29.8 Å². The highest BCUT2D eigenvalue weighted by Crippen LogP contribution is 2.18. The summed E-state index contributed by atoms with van der Waals surface area (Å²) < 4.78 is 3.42. The first kappa shape index (κ1) is 17.0. The number of carbonyl (C=O) groups excluding carboxylic acids is 2. The molecule has 2 aromatic rings. The van der Waals surface area contributed by atoms with E-state index in [-0.39, 0.29) is 24.5 Å². The van der Waals surface area contributed by atoms with E-state index in [1.54, 1.807) is 39.9 Å². The van der Waals surface area contributed by atoms with Crippen LogP contribution in [0.15, 0.2) is 18.6 Å². The Hall–Kier alpha value is -2.84. The maximum atomic E-state index is 12.5. The van der Waals surface area contributed by atoms with E-state index >= 15 is 0 Å². The fourth-order valence-corrected chi connectivity index (χ4v) is 2.96. The van der Waals surface area contributed by atoms with E-state index in [0.717, 1.165) is 16.9 Å². The van der Waals surface area contributed by atoms with Crippen molar-refractivity contribution in [2.75, 3.05) is 24.5 Å². The van der Waals surface area contributed by atoms with Crippen molar-refractivity contribution in [2.45, 2.75) is 19.9 Å². The second-order valence-electron chi connectivity index (χ2n) is 6.32. The summed E-state index contributed by atoms with van der Waals surface area (Å²) in [5.41, 5.74) is 2.73. The van der Waals surface area contributed by atoms with E-state index in [1.807, 2.05) is 20.9 Å². The molecule has 25 heavy (non-hydrogen) atoms. The number of hydrogen-bond donors (Lipinski definition) is 1. The maximum Gasteiger partial charge on any atom is 0.318 e. The van der Waals surface area contributed by atoms with Crippen LogP contribution in [-0.4, -0.2) is 56.0 Å². The normalized spacial score (nSPS) is 16.2. The van der Waals surface area contributed by atoms with Gasteiger partial charge >= 0.3 is 6.03 Å². The molecule has 3 amide bonds. The number of anilines is 1. The maximum absolute atomic E-state index is 12.5. The quantitative estimate of drug-likeness (QED) is 0.881. The molecule has 3 heterocycles. The summed E-state index contributed by atoms with van der Waals surface area (Å²) in [6.45, 7) is 4.86. The van der Waals surface area contributed by atoms with E-state index in [1.165, 1.54) is 4.90 Å². The predicted octanol–water partition coefficient (Wildman–Crippen LogP) is 0.581. The van der Waals surface area contributed by atoms with Crippen molar-refractivity contribution in [1.82, 2.24) is 29.8 Å². The number of nitrogens with one attached hydrogen (secondary N) is 1. The molecule has 2 aromatic heterocycles. The average molecular weight is 345 g/mol. The molecule has 3 rings (SSSR count). The molecular weight excluding hydrogens is 322 g/mol. The van der Waals surface area contributed by atoms with Gasteiger partial charge in [-0.2, -0.15) is 10.2 Å². The van der Waals surface area contributed by atoms with Gasteiger partial charge in [0.2, 0.25) is 5.91 Å². The molecule has 0 saturated carbocycles. The Bertz CT molecular complexity index is 794. The Morgan fingerprint density at radius 1 is 1.24 bits per heavy atom. The first-order chi connectivity index (χ1) is 11.9. The van der Waals surface area contributed by atoms with Gasteiger partial charge < -0.3 is 15.1 Å². The molecule has 9 nitrogen and oxygen atoms in total. The van der Waals surface area contributed by atoms with Crippen LogP contribution in [0.2, 0.25) is 0 Å². The lowest BCUT2D eigenvalue weighted by atomic mass is 10.1. The number of carbonyl (C=O) groups is 2. The minimum atomic E-state index is -0.241. The lowest BCUT2D eigenvalue weighted by Crippen LogP contribution is -2.55. The average Bonchev–Trinajstić information content (AvgIpc) is 3.14. The van der Waals surface area contributed by atoms with Gasteiger partial charge in [0, 0.05) is 44.6 Å². The van der Waals surface area contributed by atoms with Crippen LogP contribution in [0.1, 0.15) is 24.2 Å². The van der Waals surface area contributed by atoms with Gasteiger partial charge in [-0.15, -0.1) is 0 Å². The summed E-state index contributed by atoms with van der Waals surface area (Å²) in [6.07, 6.45) is 5.20. The summed E-state index contributed by atoms with van der Waals surface area (Å²) in [4.78, 5) is 28.1. The molecule has 0 aromatic carbocycles. The van der Waals surface area contributed by atoms with Gasteiger partial charge in [0.1, 0.15) is 6.54 Å². The summed E-state index contributed by atoms with van der Waals surface area (Å²) in [5, 5.41) is 11.2. The molecule has 1 aliphatic rings. The van der Waals surface area contributed by atoms with Crippen molar-refractivity contribution < 1.29 is 9.59 Å². The minimum absolute atomic E-state index is 0.0550. The fourth-order valence-electron chi connectivity index (χ4n) is 2.96. The molecule has 134 valence electrons. The molecule has 1 N–H and O–H groups in total. The van der Waals surface area contributed by atoms with Gasteiger partial charge in [0.25, 0.3) is 0 Å². The molecule has 1 fully saturated rings. The molecule has 1 unspecified atom stereocenters. The Kier molecular flexibility index (Phi) is 4.47. The number of piperazine rings is 1. The zero-order chi connectivity index (χ0) is 18.1. The second kappa shape index (κ2) is 6.58. The summed E-state index contributed by atoms with van der Waals surface area (Å²) >= 11 is 0. The lowest BCUT2D eigenvalue weighted by Gasteiger charge is -2.34. The number of aromatic nitrogens is 4. The van der Waals surface area contributed by atoms with Crippen LogP contribution < -0.4 is 10.2 Å². The Morgan fingerprint density at radius 3 is 2.56 bits per heavy atom. The van der Waals surface area contributed by atoms with Gasteiger partial charge in [-0.25, -0.2) is 4.79 Å². The highest BCUT2D eigenvalue weighted by molar-refractivity contribution is 5.97. The Balaban J connectivity index is 1.61. The number of aryl methyl sites for hydroxylation is 2. The van der Waals surface area contributed by atoms with Crippen molar-refractivity contribution in [2.24, 2.45) is 14.1 Å². The second-order valence-corrected chi connectivity index (χ2v) is 6.32. The SMILES string of the molecule is Cc1c(C(C)NC(=O)N2CCN(c3cnn(C)c3)C(=O)C2)cnn1C. The van der Waals surface area contributed by atoms with Gasteiger partial charge in [0.05, 0.1) is 24.1 Å². The molecular formula is C16H23N7O2.